The van der Waals surface area contributed by atoms with Crippen LogP contribution in [0.5, 0.6) is 0 Å². The number of carbonyl (C=O) groups excluding carboxylic acids is 6. The second-order valence-electron chi connectivity index (χ2n) is 16.1. The quantitative estimate of drug-likeness (QED) is 0.0632. The number of carbonyl (C=O) groups is 6. The number of rotatable bonds is 23. The van der Waals surface area contributed by atoms with Crippen molar-refractivity contribution in [2.24, 2.45) is 16.9 Å². The van der Waals surface area contributed by atoms with E-state index >= 15 is 4.39 Å². The molecule has 340 valence electrons. The molecule has 0 saturated heterocycles. The first-order valence-corrected chi connectivity index (χ1v) is 20.2. The van der Waals surface area contributed by atoms with Crippen LogP contribution in [-0.2, 0) is 40.0 Å². The lowest BCUT2D eigenvalue weighted by atomic mass is 9.82. The highest BCUT2D eigenvalue weighted by molar-refractivity contribution is 5.92. The van der Waals surface area contributed by atoms with Crippen molar-refractivity contribution in [2.75, 3.05) is 33.4 Å². The Balaban J connectivity index is 2.04. The zero-order valence-electron chi connectivity index (χ0n) is 36.3. The van der Waals surface area contributed by atoms with Crippen LogP contribution >= 0.6 is 0 Å². The minimum Gasteiger partial charge on any atom is -0.387 e. The number of methoxy groups -OCH3 is 1. The number of amides is 6. The fraction of sp³-hybridized carbons (Fsp3) is 0.488. The zero-order valence-corrected chi connectivity index (χ0v) is 36.3. The van der Waals surface area contributed by atoms with Gasteiger partial charge in [0.15, 0.2) is 0 Å². The molecule has 3 aromatic rings. The highest BCUT2D eigenvalue weighted by Crippen LogP contribution is 2.41. The Hall–Kier alpha value is -5.76. The maximum absolute atomic E-state index is 15.2. The number of nitrogens with zero attached hydrogens (tertiary/aromatic N) is 2. The van der Waals surface area contributed by atoms with Crippen molar-refractivity contribution in [3.63, 3.8) is 0 Å². The summed E-state index contributed by atoms with van der Waals surface area (Å²) in [6, 6.07) is 8.83. The van der Waals surface area contributed by atoms with E-state index in [0.29, 0.717) is 11.3 Å². The summed E-state index contributed by atoms with van der Waals surface area (Å²) in [6.45, 7) is 9.11. The topological polar surface area (TPSA) is 252 Å². The highest BCUT2D eigenvalue weighted by Gasteiger charge is 2.38. The van der Waals surface area contributed by atoms with Crippen molar-refractivity contribution >= 4 is 35.4 Å². The summed E-state index contributed by atoms with van der Waals surface area (Å²) in [5.74, 6) is -5.41. The Morgan fingerprint density at radius 2 is 1.60 bits per heavy atom. The van der Waals surface area contributed by atoms with Gasteiger partial charge < -0.3 is 52.0 Å². The van der Waals surface area contributed by atoms with Crippen LogP contribution in [-0.4, -0.2) is 114 Å². The summed E-state index contributed by atoms with van der Waals surface area (Å²) in [5, 5.41) is 23.6. The van der Waals surface area contributed by atoms with E-state index in [4.69, 9.17) is 16.2 Å². The second kappa shape index (κ2) is 23.5. The Morgan fingerprint density at radius 3 is 2.18 bits per heavy atom. The maximum Gasteiger partial charge on any atom is 0.248 e. The number of nitrogens with one attached hydrogen (secondary N) is 5. The monoisotopic (exact) mass is 869 g/mol. The third kappa shape index (κ3) is 14.7. The fourth-order valence-electron chi connectivity index (χ4n) is 7.07. The molecule has 10 N–H and O–H groups in total. The van der Waals surface area contributed by atoms with Crippen LogP contribution in [0, 0.1) is 17.0 Å². The Morgan fingerprint density at radius 1 is 0.919 bits per heavy atom. The lowest BCUT2D eigenvalue weighted by Gasteiger charge is -2.41. The average Bonchev–Trinajstić information content (AvgIpc) is 3.61. The molecule has 6 amide bonds. The van der Waals surface area contributed by atoms with Crippen molar-refractivity contribution in [1.82, 2.24) is 36.1 Å². The molecule has 0 radical (unpaired) electrons. The predicted molar refractivity (Wildman–Crippen MR) is 227 cm³/mol. The van der Waals surface area contributed by atoms with E-state index in [1.807, 2.05) is 55.7 Å². The molecular formula is C43H61F2N9O8. The molecular weight excluding hydrogens is 809 g/mol. The van der Waals surface area contributed by atoms with Crippen LogP contribution in [0.2, 0.25) is 0 Å². The summed E-state index contributed by atoms with van der Waals surface area (Å²) < 4.78 is 37.0. The molecule has 1 aromatic heterocycles. The number of primary amides is 1. The van der Waals surface area contributed by atoms with Crippen LogP contribution < -0.4 is 38.1 Å². The molecule has 19 heteroatoms. The second-order valence-corrected chi connectivity index (χ2v) is 16.1. The van der Waals surface area contributed by atoms with Crippen LogP contribution in [0.25, 0.3) is 11.1 Å². The van der Waals surface area contributed by atoms with Crippen molar-refractivity contribution in [3.05, 3.63) is 83.7 Å². The summed E-state index contributed by atoms with van der Waals surface area (Å²) in [7, 11) is 1.30. The minimum atomic E-state index is -1.39. The third-order valence-electron chi connectivity index (χ3n) is 9.95. The number of hydrogen-bond donors (Lipinski definition) is 8. The van der Waals surface area contributed by atoms with Gasteiger partial charge in [-0.3, -0.25) is 34.1 Å². The smallest absolute Gasteiger partial charge is 0.248 e. The normalized spacial score (nSPS) is 14.4. The molecule has 2 aromatic carbocycles. The van der Waals surface area contributed by atoms with E-state index in [2.05, 4.69) is 26.6 Å². The first-order chi connectivity index (χ1) is 29.2. The molecule has 0 bridgehead atoms. The third-order valence-corrected chi connectivity index (χ3v) is 9.95. The van der Waals surface area contributed by atoms with Crippen molar-refractivity contribution < 1.29 is 47.4 Å². The molecule has 6 atom stereocenters. The average molecular weight is 870 g/mol. The summed E-state index contributed by atoms with van der Waals surface area (Å²) >= 11 is 0. The number of aromatic nitrogens is 1. The van der Waals surface area contributed by atoms with Crippen LogP contribution in [0.1, 0.15) is 71.7 Å². The van der Waals surface area contributed by atoms with E-state index in [0.717, 1.165) is 23.8 Å². The van der Waals surface area contributed by atoms with E-state index in [1.54, 1.807) is 19.2 Å². The Kier molecular flexibility index (Phi) is 19.1. The van der Waals surface area contributed by atoms with Gasteiger partial charge in [0.05, 0.1) is 24.5 Å². The fourth-order valence-corrected chi connectivity index (χ4v) is 7.07. The number of halogens is 2. The van der Waals surface area contributed by atoms with Gasteiger partial charge in [-0.15, -0.1) is 0 Å². The van der Waals surface area contributed by atoms with Gasteiger partial charge in [0.25, 0.3) is 0 Å². The van der Waals surface area contributed by atoms with E-state index in [-0.39, 0.29) is 38.2 Å². The van der Waals surface area contributed by atoms with Gasteiger partial charge in [0, 0.05) is 63.2 Å². The van der Waals surface area contributed by atoms with E-state index in [9.17, 15) is 38.3 Å². The molecule has 0 aliphatic rings. The highest BCUT2D eigenvalue weighted by atomic mass is 19.1. The Labute approximate surface area is 360 Å². The van der Waals surface area contributed by atoms with Gasteiger partial charge in [-0.05, 0) is 55.5 Å². The standard InChI is InChI=1S/C43H61F2N9O8/c1-25(49-27(3)56)39(59)50-26(2)42(62-7)52-34(21-36(47)57)41(61)51-33(40(60)48-17-16-46)15-18-54(37(58)24-55)38(43(4,5)6)35-19-29(31-20-30(44)13-14-32(31)45)23-53(35)22-28-11-9-8-10-12-28/h8-14,19-20,23,25-26,33-34,38,42,52,55H,15-18,21-22,24,46H2,1-7H3,(H2,47,57)(H,48,60)(H,49,56)(H,50,59)(H,51,61)/t25-,26+,33-,34-,38-,42?/m0/s1. The largest absolute Gasteiger partial charge is 0.387 e. The SMILES string of the molecule is COC(N[C@@H](CC(N)=O)C(=O)N[C@@H](CCN(C(=O)CO)[C@@H](c1cc(-c2cc(F)ccc2F)cn1Cc1ccccc1)C(C)(C)C)C(=O)NCCN)[C@@H](C)NC(=O)[C@H](C)NC(C)=O. The summed E-state index contributed by atoms with van der Waals surface area (Å²) in [5.41, 5.74) is 12.1. The number of hydrogen-bond acceptors (Lipinski definition) is 10. The molecule has 0 aliphatic carbocycles. The van der Waals surface area contributed by atoms with Crippen LogP contribution in [0.3, 0.4) is 0 Å². The number of ether oxygens (including phenoxy) is 1. The molecule has 1 heterocycles. The molecule has 17 nitrogen and oxygen atoms in total. The first-order valence-electron chi connectivity index (χ1n) is 20.2. The van der Waals surface area contributed by atoms with Gasteiger partial charge in [-0.2, -0.15) is 0 Å². The molecule has 3 rings (SSSR count). The zero-order chi connectivity index (χ0) is 46.3. The summed E-state index contributed by atoms with van der Waals surface area (Å²) in [6.07, 6.45) is -0.181. The van der Waals surface area contributed by atoms with Gasteiger partial charge >= 0.3 is 0 Å². The first kappa shape index (κ1) is 50.6. The Bertz CT molecular complexity index is 2010. The molecule has 1 unspecified atom stereocenters. The maximum atomic E-state index is 15.2. The number of aliphatic hydroxyl groups excluding tert-OH is 1. The van der Waals surface area contributed by atoms with Gasteiger partial charge in [-0.25, -0.2) is 8.78 Å². The van der Waals surface area contributed by atoms with Gasteiger partial charge in [0.2, 0.25) is 35.4 Å². The van der Waals surface area contributed by atoms with E-state index in [1.165, 1.54) is 25.9 Å². The molecule has 0 aliphatic heterocycles. The van der Waals surface area contributed by atoms with Crippen LogP contribution in [0.15, 0.2) is 60.8 Å². The molecule has 0 fully saturated rings. The lowest BCUT2D eigenvalue weighted by Crippen LogP contribution is -2.60. The van der Waals surface area contributed by atoms with Crippen molar-refractivity contribution in [2.45, 2.75) is 97.4 Å². The molecule has 62 heavy (non-hydrogen) atoms. The van der Waals surface area contributed by atoms with Gasteiger partial charge in [-0.1, -0.05) is 51.1 Å². The molecule has 0 saturated carbocycles. The number of nitrogens with two attached hydrogens (primary N) is 2. The van der Waals surface area contributed by atoms with E-state index < -0.39 is 102 Å². The number of benzene rings is 2. The summed E-state index contributed by atoms with van der Waals surface area (Å²) in [4.78, 5) is 79.3. The van der Waals surface area contributed by atoms with Crippen molar-refractivity contribution in [1.29, 1.82) is 0 Å². The number of aliphatic hydroxyl groups is 1. The predicted octanol–water partition coefficient (Wildman–Crippen LogP) is 1.17. The minimum absolute atomic E-state index is 0.00346. The van der Waals surface area contributed by atoms with Crippen molar-refractivity contribution in [3.8, 4) is 11.1 Å². The lowest BCUT2D eigenvalue weighted by molar-refractivity contribution is -0.140. The van der Waals surface area contributed by atoms with Gasteiger partial charge in [0.1, 0.15) is 36.6 Å². The van der Waals surface area contributed by atoms with Crippen LogP contribution in [0.4, 0.5) is 8.78 Å². The molecule has 0 spiro atoms.